The van der Waals surface area contributed by atoms with Gasteiger partial charge in [0.2, 0.25) is 5.91 Å². The number of rotatable bonds is 9. The monoisotopic (exact) mass is 584 g/mol. The zero-order valence-electron chi connectivity index (χ0n) is 21.5. The van der Waals surface area contributed by atoms with Crippen LogP contribution in [0.15, 0.2) is 55.1 Å². The molecular formula is C29H33BrN2O6. The molecule has 3 heterocycles. The fourth-order valence-corrected chi connectivity index (χ4v) is 7.73. The molecule has 5 rings (SSSR count). The van der Waals surface area contributed by atoms with Crippen molar-refractivity contribution in [3.8, 4) is 0 Å². The Morgan fingerprint density at radius 1 is 1.26 bits per heavy atom. The second-order valence-electron chi connectivity index (χ2n) is 11.0. The Morgan fingerprint density at radius 2 is 1.97 bits per heavy atom. The molecule has 1 spiro atoms. The van der Waals surface area contributed by atoms with E-state index in [4.69, 9.17) is 4.74 Å². The Hall–Kier alpha value is -2.75. The van der Waals surface area contributed by atoms with E-state index < -0.39 is 47.5 Å². The van der Waals surface area contributed by atoms with Crippen LogP contribution in [0.25, 0.3) is 10.8 Å². The first-order valence-corrected chi connectivity index (χ1v) is 13.9. The van der Waals surface area contributed by atoms with Gasteiger partial charge in [0, 0.05) is 17.1 Å². The summed E-state index contributed by atoms with van der Waals surface area (Å²) in [5, 5.41) is 22.5. The number of benzene rings is 2. The summed E-state index contributed by atoms with van der Waals surface area (Å²) in [6.45, 7) is 7.66. The molecule has 0 radical (unpaired) electrons. The highest BCUT2D eigenvalue weighted by Gasteiger charge is 2.77. The topological polar surface area (TPSA) is 107 Å². The number of aliphatic hydroxyl groups is 1. The van der Waals surface area contributed by atoms with E-state index in [-0.39, 0.29) is 29.8 Å². The quantitative estimate of drug-likeness (QED) is 0.344. The number of carboxylic acids is 1. The summed E-state index contributed by atoms with van der Waals surface area (Å²) in [7, 11) is 0. The van der Waals surface area contributed by atoms with Crippen LogP contribution in [-0.2, 0) is 19.1 Å². The Bertz CT molecular complexity index is 1280. The fourth-order valence-electron chi connectivity index (χ4n) is 6.79. The first kappa shape index (κ1) is 26.8. The van der Waals surface area contributed by atoms with Crippen LogP contribution in [0.4, 0.5) is 5.69 Å². The first-order valence-electron chi connectivity index (χ1n) is 13.0. The smallest absolute Gasteiger partial charge is 0.310 e. The van der Waals surface area contributed by atoms with Crippen LogP contribution in [0.3, 0.4) is 0 Å². The number of likely N-dealkylation sites (tertiary alicyclic amines) is 1. The highest BCUT2D eigenvalue weighted by Crippen LogP contribution is 2.60. The lowest BCUT2D eigenvalue weighted by Gasteiger charge is -2.39. The predicted octanol–water partition coefficient (Wildman–Crippen LogP) is 3.60. The van der Waals surface area contributed by atoms with Gasteiger partial charge in [0.1, 0.15) is 11.6 Å². The molecule has 3 aliphatic rings. The summed E-state index contributed by atoms with van der Waals surface area (Å²) in [6.07, 6.45) is 1.70. The van der Waals surface area contributed by atoms with E-state index in [1.165, 1.54) is 4.90 Å². The van der Waals surface area contributed by atoms with Crippen molar-refractivity contribution in [2.75, 3.05) is 18.1 Å². The molecule has 202 valence electrons. The molecule has 8 nitrogen and oxygen atoms in total. The van der Waals surface area contributed by atoms with Crippen molar-refractivity contribution in [3.63, 3.8) is 0 Å². The van der Waals surface area contributed by atoms with E-state index in [0.29, 0.717) is 18.5 Å². The molecule has 7 atom stereocenters. The number of aliphatic hydroxyl groups excluding tert-OH is 1. The fraction of sp³-hybridized carbons (Fsp3) is 0.483. The Kier molecular flexibility index (Phi) is 7.13. The standard InChI is InChI=1S/C29H33BrN2O6/c1-4-11-31(19-10-9-17-7-5-6-8-18(17)13-19)27(35)25-29-14-21(30)24(38-29)22(28(36)37)23(29)26(34)32(25)20(15-33)12-16(2)3/h4-10,13,16,20-25,33H,1,11-12,14-15H2,2-3H3,(H,36,37)/t20-,21?,22-,23+,24-,25?,29?/m1/s1. The molecule has 0 aromatic heterocycles. The molecule has 2 bridgehead atoms. The van der Waals surface area contributed by atoms with Crippen LogP contribution in [0.1, 0.15) is 26.7 Å². The number of carbonyl (C=O) groups excluding carboxylic acids is 2. The number of hydrogen-bond acceptors (Lipinski definition) is 5. The van der Waals surface area contributed by atoms with Crippen LogP contribution < -0.4 is 4.90 Å². The number of halogens is 1. The Labute approximate surface area is 230 Å². The molecule has 38 heavy (non-hydrogen) atoms. The van der Waals surface area contributed by atoms with Crippen molar-refractivity contribution in [3.05, 3.63) is 55.1 Å². The molecule has 2 N–H and O–H groups in total. The largest absolute Gasteiger partial charge is 0.481 e. The van der Waals surface area contributed by atoms with Gasteiger partial charge in [-0.3, -0.25) is 14.4 Å². The van der Waals surface area contributed by atoms with E-state index in [0.717, 1.165) is 10.8 Å². The second kappa shape index (κ2) is 10.1. The summed E-state index contributed by atoms with van der Waals surface area (Å²) < 4.78 is 6.39. The maximum Gasteiger partial charge on any atom is 0.310 e. The van der Waals surface area contributed by atoms with Gasteiger partial charge in [-0.15, -0.1) is 6.58 Å². The number of ether oxygens (including phenoxy) is 1. The van der Waals surface area contributed by atoms with Crippen LogP contribution in [-0.4, -0.2) is 74.7 Å². The summed E-state index contributed by atoms with van der Waals surface area (Å²) in [5.74, 6) is -3.87. The minimum absolute atomic E-state index is 0.134. The van der Waals surface area contributed by atoms with Gasteiger partial charge in [0.25, 0.3) is 5.91 Å². The number of anilines is 1. The third kappa shape index (κ3) is 4.06. The molecule has 2 aromatic rings. The van der Waals surface area contributed by atoms with Gasteiger partial charge in [0.05, 0.1) is 30.6 Å². The van der Waals surface area contributed by atoms with Crippen LogP contribution in [0, 0.1) is 17.8 Å². The summed E-state index contributed by atoms with van der Waals surface area (Å²) in [6, 6.07) is 11.8. The molecule has 3 unspecified atom stereocenters. The molecule has 0 aliphatic carbocycles. The Morgan fingerprint density at radius 3 is 2.61 bits per heavy atom. The van der Waals surface area contributed by atoms with Crippen molar-refractivity contribution in [2.24, 2.45) is 17.8 Å². The molecular weight excluding hydrogens is 552 g/mol. The first-order chi connectivity index (χ1) is 18.1. The van der Waals surface area contributed by atoms with Gasteiger partial charge >= 0.3 is 5.97 Å². The van der Waals surface area contributed by atoms with Crippen molar-refractivity contribution in [1.82, 2.24) is 4.90 Å². The maximum atomic E-state index is 14.6. The third-order valence-electron chi connectivity index (χ3n) is 8.22. The zero-order chi connectivity index (χ0) is 27.4. The summed E-state index contributed by atoms with van der Waals surface area (Å²) in [4.78, 5) is 43.7. The highest BCUT2D eigenvalue weighted by atomic mass is 79.9. The van der Waals surface area contributed by atoms with Crippen LogP contribution in [0.2, 0.25) is 0 Å². The summed E-state index contributed by atoms with van der Waals surface area (Å²) in [5.41, 5.74) is -0.667. The third-order valence-corrected chi connectivity index (χ3v) is 9.06. The van der Waals surface area contributed by atoms with Crippen molar-refractivity contribution < 1.29 is 29.3 Å². The molecule has 3 aliphatic heterocycles. The van der Waals surface area contributed by atoms with Gasteiger partial charge < -0.3 is 24.7 Å². The average molecular weight is 585 g/mol. The van der Waals surface area contributed by atoms with Crippen molar-refractivity contribution >= 4 is 50.2 Å². The number of amides is 2. The lowest BCUT2D eigenvalue weighted by molar-refractivity contribution is -0.151. The molecule has 0 saturated carbocycles. The lowest BCUT2D eigenvalue weighted by atomic mass is 9.70. The van der Waals surface area contributed by atoms with Crippen molar-refractivity contribution in [1.29, 1.82) is 0 Å². The molecule has 2 aromatic carbocycles. The number of carbonyl (C=O) groups is 3. The predicted molar refractivity (Wildman–Crippen MR) is 147 cm³/mol. The SMILES string of the molecule is C=CCN(C(=O)C1N([C@@H](CO)CC(C)C)C(=O)[C@@H]2[C@@H](C(=O)O)[C@@H]3OC12CC3Br)c1ccc2ccccc2c1. The molecule has 2 amide bonds. The van der Waals surface area contributed by atoms with E-state index in [9.17, 15) is 24.6 Å². The van der Waals surface area contributed by atoms with Gasteiger partial charge in [-0.2, -0.15) is 0 Å². The lowest BCUT2D eigenvalue weighted by Crippen LogP contribution is -2.59. The van der Waals surface area contributed by atoms with Gasteiger partial charge in [-0.25, -0.2) is 0 Å². The van der Waals surface area contributed by atoms with Gasteiger partial charge in [0.15, 0.2) is 0 Å². The van der Waals surface area contributed by atoms with Gasteiger partial charge in [-0.05, 0) is 41.7 Å². The minimum atomic E-state index is -1.31. The number of aliphatic carboxylic acids is 1. The molecule has 3 saturated heterocycles. The normalized spacial score (nSPS) is 30.6. The van der Waals surface area contributed by atoms with Crippen LogP contribution in [0.5, 0.6) is 0 Å². The van der Waals surface area contributed by atoms with E-state index in [1.54, 1.807) is 11.0 Å². The number of fused-ring (bicyclic) bond motifs is 2. The average Bonchev–Trinajstić information content (AvgIpc) is 3.48. The van der Waals surface area contributed by atoms with Crippen LogP contribution >= 0.6 is 15.9 Å². The number of hydrogen-bond donors (Lipinski definition) is 2. The summed E-state index contributed by atoms with van der Waals surface area (Å²) >= 11 is 3.58. The van der Waals surface area contributed by atoms with E-state index in [1.807, 2.05) is 56.3 Å². The van der Waals surface area contributed by atoms with Crippen molar-refractivity contribution in [2.45, 2.75) is 55.3 Å². The number of carboxylic acid groups (broad SMARTS) is 1. The Balaban J connectivity index is 1.64. The second-order valence-corrected chi connectivity index (χ2v) is 12.2. The minimum Gasteiger partial charge on any atom is -0.481 e. The molecule has 9 heteroatoms. The number of alkyl halides is 1. The molecule has 3 fully saturated rings. The van der Waals surface area contributed by atoms with E-state index in [2.05, 4.69) is 22.5 Å². The van der Waals surface area contributed by atoms with Gasteiger partial charge in [-0.1, -0.05) is 66.2 Å². The maximum absolute atomic E-state index is 14.6. The zero-order valence-corrected chi connectivity index (χ0v) is 23.1. The van der Waals surface area contributed by atoms with E-state index >= 15 is 0 Å². The highest BCUT2D eigenvalue weighted by molar-refractivity contribution is 9.09. The number of nitrogens with zero attached hydrogens (tertiary/aromatic N) is 2.